The van der Waals surface area contributed by atoms with Gasteiger partial charge in [0.2, 0.25) is 5.91 Å². The van der Waals surface area contributed by atoms with Crippen LogP contribution in [0.1, 0.15) is 26.2 Å². The van der Waals surface area contributed by atoms with E-state index >= 15 is 0 Å². The van der Waals surface area contributed by atoms with Crippen LogP contribution in [0.25, 0.3) is 0 Å². The van der Waals surface area contributed by atoms with Gasteiger partial charge < -0.3 is 14.7 Å². The molecule has 0 aromatic rings. The first-order valence-electron chi connectivity index (χ1n) is 7.38. The van der Waals surface area contributed by atoms with Crippen LogP contribution in [0.3, 0.4) is 0 Å². The van der Waals surface area contributed by atoms with Crippen LogP contribution in [0.4, 0.5) is 0 Å². The predicted molar refractivity (Wildman–Crippen MR) is 73.4 cm³/mol. The standard InChI is InChI=1S/C14H24N2O4/c1-11-8-16(5-6-20-11)13(17)10-15-4-2-3-12(9-15)7-14(18)19/h11-12H,2-10H2,1H3,(H,18,19). The van der Waals surface area contributed by atoms with Gasteiger partial charge in [-0.3, -0.25) is 14.5 Å². The van der Waals surface area contributed by atoms with Gasteiger partial charge in [-0.1, -0.05) is 0 Å². The summed E-state index contributed by atoms with van der Waals surface area (Å²) in [5.74, 6) is -0.432. The number of ether oxygens (including phenoxy) is 1. The lowest BCUT2D eigenvalue weighted by atomic mass is 9.95. The molecular formula is C14H24N2O4. The Morgan fingerprint density at radius 1 is 1.30 bits per heavy atom. The number of likely N-dealkylation sites (tertiary alicyclic amines) is 1. The Kier molecular flexibility index (Phi) is 5.37. The highest BCUT2D eigenvalue weighted by atomic mass is 16.5. The number of carbonyl (C=O) groups excluding carboxylic acids is 1. The van der Waals surface area contributed by atoms with Crippen molar-refractivity contribution < 1.29 is 19.4 Å². The molecule has 0 aromatic heterocycles. The zero-order valence-corrected chi connectivity index (χ0v) is 12.1. The lowest BCUT2D eigenvalue weighted by molar-refractivity contribution is -0.140. The minimum atomic E-state index is -0.745. The summed E-state index contributed by atoms with van der Waals surface area (Å²) < 4.78 is 5.44. The summed E-state index contributed by atoms with van der Waals surface area (Å²) in [5.41, 5.74) is 0. The van der Waals surface area contributed by atoms with Crippen LogP contribution in [-0.2, 0) is 14.3 Å². The van der Waals surface area contributed by atoms with Crippen LogP contribution in [0.15, 0.2) is 0 Å². The number of piperidine rings is 1. The third-order valence-electron chi connectivity index (χ3n) is 4.02. The summed E-state index contributed by atoms with van der Waals surface area (Å²) in [6.45, 7) is 5.92. The molecule has 2 fully saturated rings. The molecule has 20 heavy (non-hydrogen) atoms. The lowest BCUT2D eigenvalue weighted by Crippen LogP contribution is -2.49. The highest BCUT2D eigenvalue weighted by Gasteiger charge is 2.26. The summed E-state index contributed by atoms with van der Waals surface area (Å²) in [6, 6.07) is 0. The Labute approximate surface area is 119 Å². The largest absolute Gasteiger partial charge is 0.481 e. The van der Waals surface area contributed by atoms with E-state index in [1.807, 2.05) is 11.8 Å². The third kappa shape index (κ3) is 4.45. The van der Waals surface area contributed by atoms with Gasteiger partial charge in [-0.2, -0.15) is 0 Å². The molecule has 2 atom stereocenters. The molecule has 2 rings (SSSR count). The molecule has 2 heterocycles. The van der Waals surface area contributed by atoms with Crippen LogP contribution < -0.4 is 0 Å². The quantitative estimate of drug-likeness (QED) is 0.810. The first-order valence-corrected chi connectivity index (χ1v) is 7.38. The van der Waals surface area contributed by atoms with Crippen LogP contribution in [-0.4, -0.2) is 72.2 Å². The molecule has 2 saturated heterocycles. The van der Waals surface area contributed by atoms with Crippen LogP contribution in [0.2, 0.25) is 0 Å². The first kappa shape index (κ1) is 15.3. The van der Waals surface area contributed by atoms with Gasteiger partial charge in [0, 0.05) is 26.1 Å². The number of nitrogens with zero attached hydrogens (tertiary/aromatic N) is 2. The monoisotopic (exact) mass is 284 g/mol. The van der Waals surface area contributed by atoms with Crippen molar-refractivity contribution in [3.63, 3.8) is 0 Å². The highest BCUT2D eigenvalue weighted by Crippen LogP contribution is 2.19. The fraction of sp³-hybridized carbons (Fsp3) is 0.857. The average Bonchev–Trinajstić information content (AvgIpc) is 2.38. The molecule has 1 amide bonds. The van der Waals surface area contributed by atoms with Gasteiger partial charge in [-0.25, -0.2) is 0 Å². The molecule has 1 N–H and O–H groups in total. The van der Waals surface area contributed by atoms with Crippen molar-refractivity contribution in [1.29, 1.82) is 0 Å². The molecule has 0 aliphatic carbocycles. The van der Waals surface area contributed by atoms with E-state index < -0.39 is 5.97 Å². The number of carbonyl (C=O) groups is 2. The SMILES string of the molecule is CC1CN(C(=O)CN2CCCC(CC(=O)O)C2)CCO1. The number of carboxylic acids is 1. The van der Waals surface area contributed by atoms with E-state index in [4.69, 9.17) is 9.84 Å². The average molecular weight is 284 g/mol. The Morgan fingerprint density at radius 2 is 2.10 bits per heavy atom. The van der Waals surface area contributed by atoms with Gasteiger partial charge in [0.15, 0.2) is 0 Å². The van der Waals surface area contributed by atoms with Crippen LogP contribution in [0.5, 0.6) is 0 Å². The van der Waals surface area contributed by atoms with Gasteiger partial charge in [-0.05, 0) is 32.2 Å². The lowest BCUT2D eigenvalue weighted by Gasteiger charge is -2.35. The number of hydrogen-bond donors (Lipinski definition) is 1. The molecule has 2 unspecified atom stereocenters. The number of hydrogen-bond acceptors (Lipinski definition) is 4. The van der Waals surface area contributed by atoms with Gasteiger partial charge in [0.25, 0.3) is 0 Å². The number of aliphatic carboxylic acids is 1. The maximum atomic E-state index is 12.3. The van der Waals surface area contributed by atoms with Crippen LogP contribution >= 0.6 is 0 Å². The second-order valence-corrected chi connectivity index (χ2v) is 5.86. The third-order valence-corrected chi connectivity index (χ3v) is 4.02. The summed E-state index contributed by atoms with van der Waals surface area (Å²) in [4.78, 5) is 27.0. The van der Waals surface area contributed by atoms with E-state index in [9.17, 15) is 9.59 Å². The minimum absolute atomic E-state index is 0.105. The molecule has 0 spiro atoms. The Hall–Kier alpha value is -1.14. The van der Waals surface area contributed by atoms with Crippen molar-refractivity contribution in [2.45, 2.75) is 32.3 Å². The van der Waals surface area contributed by atoms with Crippen molar-refractivity contribution in [3.05, 3.63) is 0 Å². The maximum Gasteiger partial charge on any atom is 0.303 e. The summed E-state index contributed by atoms with van der Waals surface area (Å²) >= 11 is 0. The van der Waals surface area contributed by atoms with Gasteiger partial charge in [-0.15, -0.1) is 0 Å². The molecule has 114 valence electrons. The Morgan fingerprint density at radius 3 is 2.80 bits per heavy atom. The first-order chi connectivity index (χ1) is 9.54. The van der Waals surface area contributed by atoms with Gasteiger partial charge >= 0.3 is 5.97 Å². The highest BCUT2D eigenvalue weighted by molar-refractivity contribution is 5.78. The van der Waals surface area contributed by atoms with Crippen molar-refractivity contribution in [1.82, 2.24) is 9.80 Å². The molecule has 0 radical (unpaired) electrons. The smallest absolute Gasteiger partial charge is 0.303 e. The molecule has 0 saturated carbocycles. The summed E-state index contributed by atoms with van der Waals surface area (Å²) in [7, 11) is 0. The van der Waals surface area contributed by atoms with E-state index in [1.165, 1.54) is 0 Å². The summed E-state index contributed by atoms with van der Waals surface area (Å²) in [6.07, 6.45) is 2.24. The van der Waals surface area contributed by atoms with Crippen molar-refractivity contribution in [2.75, 3.05) is 39.3 Å². The second kappa shape index (κ2) is 7.04. The number of amides is 1. The zero-order chi connectivity index (χ0) is 14.5. The van der Waals surface area contributed by atoms with Gasteiger partial charge in [0.05, 0.1) is 19.3 Å². The molecule has 0 bridgehead atoms. The Balaban J connectivity index is 1.79. The fourth-order valence-corrected chi connectivity index (χ4v) is 3.04. The molecule has 2 aliphatic heterocycles. The van der Waals surface area contributed by atoms with E-state index in [0.29, 0.717) is 26.2 Å². The van der Waals surface area contributed by atoms with Crippen molar-refractivity contribution in [2.24, 2.45) is 5.92 Å². The topological polar surface area (TPSA) is 70.1 Å². The summed E-state index contributed by atoms with van der Waals surface area (Å²) in [5, 5.41) is 8.86. The number of rotatable bonds is 4. The van der Waals surface area contributed by atoms with E-state index in [0.717, 1.165) is 25.9 Å². The van der Waals surface area contributed by atoms with Crippen LogP contribution in [0, 0.1) is 5.92 Å². The van der Waals surface area contributed by atoms with E-state index in [1.54, 1.807) is 0 Å². The molecule has 0 aromatic carbocycles. The van der Waals surface area contributed by atoms with Crippen molar-refractivity contribution in [3.8, 4) is 0 Å². The maximum absolute atomic E-state index is 12.3. The van der Waals surface area contributed by atoms with Crippen molar-refractivity contribution >= 4 is 11.9 Å². The van der Waals surface area contributed by atoms with E-state index in [2.05, 4.69) is 4.90 Å². The van der Waals surface area contributed by atoms with E-state index in [-0.39, 0.29) is 24.3 Å². The zero-order valence-electron chi connectivity index (χ0n) is 12.1. The molecule has 2 aliphatic rings. The Bertz CT molecular complexity index is 361. The van der Waals surface area contributed by atoms with Gasteiger partial charge in [0.1, 0.15) is 0 Å². The second-order valence-electron chi connectivity index (χ2n) is 5.86. The number of carboxylic acid groups (broad SMARTS) is 1. The fourth-order valence-electron chi connectivity index (χ4n) is 3.04. The molecular weight excluding hydrogens is 260 g/mol. The predicted octanol–water partition coefficient (Wildman–Crippen LogP) is 0.420. The molecule has 6 nitrogen and oxygen atoms in total. The minimum Gasteiger partial charge on any atom is -0.481 e. The normalized spacial score (nSPS) is 28.4. The number of morpholine rings is 1. The molecule has 6 heteroatoms.